The molecule has 1 aromatic heterocycles. The molecule has 100 valence electrons. The van der Waals surface area contributed by atoms with Crippen LogP contribution >= 0.6 is 11.8 Å². The number of amides is 1. The highest BCUT2D eigenvalue weighted by Crippen LogP contribution is 2.25. The Morgan fingerprint density at radius 1 is 1.42 bits per heavy atom. The molecule has 0 saturated heterocycles. The van der Waals surface area contributed by atoms with Crippen LogP contribution in [0.15, 0.2) is 35.5 Å². The zero-order valence-corrected chi connectivity index (χ0v) is 11.3. The molecule has 0 aliphatic carbocycles. The Balaban J connectivity index is 2.19. The maximum absolute atomic E-state index is 11.7. The van der Waals surface area contributed by atoms with E-state index in [9.17, 15) is 4.79 Å². The van der Waals surface area contributed by atoms with Crippen LogP contribution in [0.4, 0.5) is 0 Å². The molecular weight excluding hydrogens is 262 g/mol. The SMILES string of the molecule is Cc1nc(SCC(N)(C(N)=O)c2ccccc2)n[nH]1. The molecule has 19 heavy (non-hydrogen) atoms. The van der Waals surface area contributed by atoms with E-state index in [2.05, 4.69) is 15.2 Å². The number of aromatic nitrogens is 3. The molecule has 6 nitrogen and oxygen atoms in total. The first-order valence-electron chi connectivity index (χ1n) is 5.68. The first-order valence-corrected chi connectivity index (χ1v) is 6.67. The largest absolute Gasteiger partial charge is 0.368 e. The number of carbonyl (C=O) groups excluding carboxylic acids is 1. The van der Waals surface area contributed by atoms with E-state index in [1.807, 2.05) is 18.2 Å². The number of thioether (sulfide) groups is 1. The molecule has 1 aromatic carbocycles. The number of nitrogens with two attached hydrogens (primary N) is 2. The minimum Gasteiger partial charge on any atom is -0.368 e. The summed E-state index contributed by atoms with van der Waals surface area (Å²) in [6.07, 6.45) is 0. The van der Waals surface area contributed by atoms with Crippen LogP contribution in [0.3, 0.4) is 0 Å². The molecule has 0 spiro atoms. The summed E-state index contributed by atoms with van der Waals surface area (Å²) in [5.74, 6) is 0.422. The van der Waals surface area contributed by atoms with Gasteiger partial charge in [-0.2, -0.15) is 0 Å². The summed E-state index contributed by atoms with van der Waals surface area (Å²) in [5, 5.41) is 7.27. The van der Waals surface area contributed by atoms with Gasteiger partial charge in [-0.05, 0) is 12.5 Å². The van der Waals surface area contributed by atoms with Gasteiger partial charge >= 0.3 is 0 Å². The minimum atomic E-state index is -1.24. The van der Waals surface area contributed by atoms with Crippen molar-refractivity contribution in [2.24, 2.45) is 11.5 Å². The number of primary amides is 1. The van der Waals surface area contributed by atoms with Crippen molar-refractivity contribution < 1.29 is 4.79 Å². The average molecular weight is 277 g/mol. The van der Waals surface area contributed by atoms with Crippen LogP contribution in [-0.4, -0.2) is 26.8 Å². The maximum Gasteiger partial charge on any atom is 0.243 e. The Morgan fingerprint density at radius 2 is 2.11 bits per heavy atom. The van der Waals surface area contributed by atoms with Crippen molar-refractivity contribution in [2.75, 3.05) is 5.75 Å². The lowest BCUT2D eigenvalue weighted by Gasteiger charge is -2.25. The second kappa shape index (κ2) is 5.41. The molecule has 0 aliphatic heterocycles. The first kappa shape index (κ1) is 13.6. The Hall–Kier alpha value is -1.86. The molecule has 2 aromatic rings. The Kier molecular flexibility index (Phi) is 3.87. The normalized spacial score (nSPS) is 14.0. The van der Waals surface area contributed by atoms with E-state index in [4.69, 9.17) is 11.5 Å². The monoisotopic (exact) mass is 277 g/mol. The number of nitrogens with one attached hydrogen (secondary N) is 1. The van der Waals surface area contributed by atoms with Gasteiger partial charge in [0.1, 0.15) is 11.4 Å². The molecule has 0 radical (unpaired) electrons. The number of nitrogens with zero attached hydrogens (tertiary/aromatic N) is 2. The summed E-state index contributed by atoms with van der Waals surface area (Å²) in [6, 6.07) is 9.07. The van der Waals surface area contributed by atoms with Crippen molar-refractivity contribution >= 4 is 17.7 Å². The maximum atomic E-state index is 11.7. The minimum absolute atomic E-state index is 0.281. The number of aryl methyl sites for hydroxylation is 1. The Labute approximate surface area is 115 Å². The summed E-state index contributed by atoms with van der Waals surface area (Å²) < 4.78 is 0. The number of hydrogen-bond donors (Lipinski definition) is 3. The van der Waals surface area contributed by atoms with E-state index >= 15 is 0 Å². The van der Waals surface area contributed by atoms with Gasteiger partial charge in [-0.15, -0.1) is 5.10 Å². The van der Waals surface area contributed by atoms with Crippen LogP contribution in [0.25, 0.3) is 0 Å². The lowest BCUT2D eigenvalue weighted by atomic mass is 9.92. The summed E-state index contributed by atoms with van der Waals surface area (Å²) in [7, 11) is 0. The lowest BCUT2D eigenvalue weighted by molar-refractivity contribution is -0.122. The summed E-state index contributed by atoms with van der Waals surface area (Å²) in [6.45, 7) is 1.80. The predicted molar refractivity (Wildman–Crippen MR) is 73.3 cm³/mol. The highest BCUT2D eigenvalue weighted by atomic mass is 32.2. The van der Waals surface area contributed by atoms with Crippen molar-refractivity contribution in [3.8, 4) is 0 Å². The van der Waals surface area contributed by atoms with Crippen molar-refractivity contribution in [3.63, 3.8) is 0 Å². The Bertz CT molecular complexity index is 571. The third-order valence-corrected chi connectivity index (χ3v) is 3.77. The zero-order valence-electron chi connectivity index (χ0n) is 10.5. The van der Waals surface area contributed by atoms with Gasteiger partial charge in [-0.1, -0.05) is 42.1 Å². The van der Waals surface area contributed by atoms with Gasteiger partial charge in [0.25, 0.3) is 0 Å². The number of carbonyl (C=O) groups is 1. The van der Waals surface area contributed by atoms with E-state index in [0.29, 0.717) is 16.5 Å². The number of hydrogen-bond acceptors (Lipinski definition) is 5. The van der Waals surface area contributed by atoms with E-state index in [1.165, 1.54) is 11.8 Å². The molecule has 1 heterocycles. The topological polar surface area (TPSA) is 111 Å². The van der Waals surface area contributed by atoms with Crippen LogP contribution in [0.2, 0.25) is 0 Å². The average Bonchev–Trinajstić information content (AvgIpc) is 2.82. The van der Waals surface area contributed by atoms with Crippen molar-refractivity contribution in [1.82, 2.24) is 15.2 Å². The second-order valence-corrected chi connectivity index (χ2v) is 5.14. The number of H-pyrrole nitrogens is 1. The fourth-order valence-electron chi connectivity index (χ4n) is 1.60. The van der Waals surface area contributed by atoms with Gasteiger partial charge in [0.15, 0.2) is 0 Å². The molecule has 0 bridgehead atoms. The molecular formula is C12H15N5OS. The summed E-state index contributed by atoms with van der Waals surface area (Å²) in [4.78, 5) is 15.8. The second-order valence-electron chi connectivity index (χ2n) is 4.19. The van der Waals surface area contributed by atoms with Crippen molar-refractivity contribution in [1.29, 1.82) is 0 Å². The Morgan fingerprint density at radius 3 is 2.63 bits per heavy atom. The lowest BCUT2D eigenvalue weighted by Crippen LogP contribution is -2.51. The molecule has 1 atom stereocenters. The molecule has 0 aliphatic rings. The van der Waals surface area contributed by atoms with E-state index < -0.39 is 11.4 Å². The molecule has 2 rings (SSSR count). The molecule has 1 unspecified atom stereocenters. The van der Waals surface area contributed by atoms with Crippen LogP contribution in [0.1, 0.15) is 11.4 Å². The molecule has 5 N–H and O–H groups in total. The van der Waals surface area contributed by atoms with Crippen molar-refractivity contribution in [2.45, 2.75) is 17.6 Å². The third kappa shape index (κ3) is 2.94. The highest BCUT2D eigenvalue weighted by Gasteiger charge is 2.34. The standard InChI is InChI=1S/C12H15N5OS/c1-8-15-11(17-16-8)19-7-12(14,10(13)18)9-5-3-2-4-6-9/h2-6H,7,14H2,1H3,(H2,13,18)(H,15,16,17). The van der Waals surface area contributed by atoms with Gasteiger partial charge < -0.3 is 11.5 Å². The summed E-state index contributed by atoms with van der Waals surface area (Å²) in [5.41, 5.74) is 11.0. The van der Waals surface area contributed by atoms with Gasteiger partial charge in [-0.25, -0.2) is 4.98 Å². The number of aromatic amines is 1. The number of rotatable bonds is 5. The molecule has 7 heteroatoms. The van der Waals surface area contributed by atoms with E-state index in [1.54, 1.807) is 19.1 Å². The summed E-state index contributed by atoms with van der Waals surface area (Å²) >= 11 is 1.29. The molecule has 0 saturated carbocycles. The smallest absolute Gasteiger partial charge is 0.243 e. The predicted octanol–water partition coefficient (Wildman–Crippen LogP) is 0.545. The van der Waals surface area contributed by atoms with Gasteiger partial charge in [-0.3, -0.25) is 9.89 Å². The van der Waals surface area contributed by atoms with Crippen LogP contribution in [0.5, 0.6) is 0 Å². The fourth-order valence-corrected chi connectivity index (χ4v) is 2.57. The zero-order chi connectivity index (χ0) is 13.9. The third-order valence-electron chi connectivity index (χ3n) is 2.73. The number of benzene rings is 1. The van der Waals surface area contributed by atoms with E-state index in [0.717, 1.165) is 0 Å². The molecule has 1 amide bonds. The van der Waals surface area contributed by atoms with Gasteiger partial charge in [0.2, 0.25) is 11.1 Å². The first-order chi connectivity index (χ1) is 9.02. The van der Waals surface area contributed by atoms with Crippen LogP contribution in [0, 0.1) is 6.92 Å². The van der Waals surface area contributed by atoms with Gasteiger partial charge in [0.05, 0.1) is 0 Å². The fraction of sp³-hybridized carbons (Fsp3) is 0.250. The van der Waals surface area contributed by atoms with Crippen molar-refractivity contribution in [3.05, 3.63) is 41.7 Å². The van der Waals surface area contributed by atoms with E-state index in [-0.39, 0.29) is 5.75 Å². The van der Waals surface area contributed by atoms with Crippen LogP contribution in [-0.2, 0) is 10.3 Å². The highest BCUT2D eigenvalue weighted by molar-refractivity contribution is 7.99. The van der Waals surface area contributed by atoms with Crippen LogP contribution < -0.4 is 11.5 Å². The quantitative estimate of drug-likeness (QED) is 0.691. The molecule has 0 fully saturated rings. The van der Waals surface area contributed by atoms with Gasteiger partial charge in [0, 0.05) is 5.75 Å².